The smallest absolute Gasteiger partial charge is 0.0652 e. The summed E-state index contributed by atoms with van der Waals surface area (Å²) in [6.45, 7) is 4.74. The van der Waals surface area contributed by atoms with Crippen LogP contribution < -0.4 is 11.1 Å². The Labute approximate surface area is 83.8 Å². The molecule has 2 rings (SSSR count). The maximum Gasteiger partial charge on any atom is 0.0652 e. The molecule has 3 N–H and O–H groups in total. The summed E-state index contributed by atoms with van der Waals surface area (Å²) < 4.78 is 1.99. The molecule has 1 aromatic heterocycles. The predicted molar refractivity (Wildman–Crippen MR) is 56.7 cm³/mol. The summed E-state index contributed by atoms with van der Waals surface area (Å²) in [5, 5.41) is 7.53. The van der Waals surface area contributed by atoms with Crippen molar-refractivity contribution in [2.75, 3.05) is 13.1 Å². The van der Waals surface area contributed by atoms with Crippen LogP contribution in [0.1, 0.15) is 12.6 Å². The maximum absolute atomic E-state index is 5.85. The normalized spacial score (nSPS) is 22.1. The second-order valence-electron chi connectivity index (χ2n) is 3.52. The van der Waals surface area contributed by atoms with Crippen LogP contribution in [-0.2, 0) is 6.54 Å². The van der Waals surface area contributed by atoms with E-state index in [1.807, 2.05) is 16.9 Å². The Morgan fingerprint density at radius 1 is 1.71 bits per heavy atom. The number of aryl methyl sites for hydroxylation is 1. The molecule has 1 aliphatic rings. The third kappa shape index (κ3) is 1.71. The van der Waals surface area contributed by atoms with E-state index in [1.165, 1.54) is 11.3 Å². The van der Waals surface area contributed by atoms with Gasteiger partial charge in [-0.3, -0.25) is 4.68 Å². The zero-order valence-electron chi connectivity index (χ0n) is 8.40. The van der Waals surface area contributed by atoms with Gasteiger partial charge in [-0.2, -0.15) is 5.10 Å². The van der Waals surface area contributed by atoms with Gasteiger partial charge in [0.2, 0.25) is 0 Å². The Morgan fingerprint density at radius 3 is 3.29 bits per heavy atom. The maximum atomic E-state index is 5.85. The Kier molecular flexibility index (Phi) is 2.65. The first kappa shape index (κ1) is 9.43. The monoisotopic (exact) mass is 192 g/mol. The fraction of sp³-hybridized carbons (Fsp3) is 0.500. The van der Waals surface area contributed by atoms with Gasteiger partial charge in [0.15, 0.2) is 0 Å². The van der Waals surface area contributed by atoms with E-state index in [9.17, 15) is 0 Å². The van der Waals surface area contributed by atoms with Gasteiger partial charge in [0.25, 0.3) is 0 Å². The lowest BCUT2D eigenvalue weighted by Crippen LogP contribution is -2.37. The van der Waals surface area contributed by atoms with E-state index in [0.29, 0.717) is 0 Å². The molecule has 1 aromatic rings. The van der Waals surface area contributed by atoms with Crippen molar-refractivity contribution in [1.29, 1.82) is 0 Å². The van der Waals surface area contributed by atoms with Crippen LogP contribution in [0.4, 0.5) is 0 Å². The molecule has 1 atom stereocenters. The summed E-state index contributed by atoms with van der Waals surface area (Å²) in [5.41, 5.74) is 8.28. The minimum Gasteiger partial charge on any atom is -0.323 e. The van der Waals surface area contributed by atoms with Crippen LogP contribution in [0.25, 0.3) is 5.57 Å². The van der Waals surface area contributed by atoms with Gasteiger partial charge in [-0.1, -0.05) is 6.08 Å². The minimum absolute atomic E-state index is 0.124. The van der Waals surface area contributed by atoms with Crippen LogP contribution in [0.3, 0.4) is 0 Å². The molecule has 0 spiro atoms. The lowest BCUT2D eigenvalue weighted by molar-refractivity contribution is 0.630. The van der Waals surface area contributed by atoms with Crippen molar-refractivity contribution < 1.29 is 0 Å². The van der Waals surface area contributed by atoms with Crippen molar-refractivity contribution in [2.45, 2.75) is 19.5 Å². The molecule has 14 heavy (non-hydrogen) atoms. The first-order valence-electron chi connectivity index (χ1n) is 5.00. The number of rotatable bonds is 2. The van der Waals surface area contributed by atoms with Crippen LogP contribution in [0.15, 0.2) is 18.3 Å². The average Bonchev–Trinajstić information content (AvgIpc) is 2.65. The van der Waals surface area contributed by atoms with E-state index in [2.05, 4.69) is 23.4 Å². The van der Waals surface area contributed by atoms with Crippen LogP contribution in [-0.4, -0.2) is 28.9 Å². The highest BCUT2D eigenvalue weighted by molar-refractivity contribution is 5.65. The molecule has 1 aliphatic heterocycles. The third-order valence-electron chi connectivity index (χ3n) is 2.46. The largest absolute Gasteiger partial charge is 0.323 e. The summed E-state index contributed by atoms with van der Waals surface area (Å²) in [4.78, 5) is 0. The van der Waals surface area contributed by atoms with Gasteiger partial charge in [-0.05, 0) is 18.6 Å². The zero-order valence-corrected chi connectivity index (χ0v) is 8.40. The van der Waals surface area contributed by atoms with Gasteiger partial charge in [0.05, 0.1) is 5.69 Å². The molecule has 0 radical (unpaired) electrons. The van der Waals surface area contributed by atoms with E-state index >= 15 is 0 Å². The van der Waals surface area contributed by atoms with Crippen molar-refractivity contribution in [3.05, 3.63) is 24.0 Å². The molecule has 4 heteroatoms. The fourth-order valence-electron chi connectivity index (χ4n) is 1.78. The molecule has 0 fully saturated rings. The molecule has 0 aliphatic carbocycles. The lowest BCUT2D eigenvalue weighted by Gasteiger charge is -2.19. The summed E-state index contributed by atoms with van der Waals surface area (Å²) in [5.74, 6) is 0. The molecular formula is C10H16N4. The van der Waals surface area contributed by atoms with E-state index in [0.717, 1.165) is 19.6 Å². The zero-order chi connectivity index (χ0) is 9.97. The van der Waals surface area contributed by atoms with Gasteiger partial charge in [-0.25, -0.2) is 0 Å². The fourth-order valence-corrected chi connectivity index (χ4v) is 1.78. The topological polar surface area (TPSA) is 55.9 Å². The van der Waals surface area contributed by atoms with E-state index in [-0.39, 0.29) is 6.04 Å². The molecule has 0 aromatic carbocycles. The summed E-state index contributed by atoms with van der Waals surface area (Å²) in [7, 11) is 0. The van der Waals surface area contributed by atoms with E-state index < -0.39 is 0 Å². The third-order valence-corrected chi connectivity index (χ3v) is 2.46. The van der Waals surface area contributed by atoms with Gasteiger partial charge in [-0.15, -0.1) is 0 Å². The number of aromatic nitrogens is 2. The highest BCUT2D eigenvalue weighted by Gasteiger charge is 2.13. The Balaban J connectivity index is 2.29. The van der Waals surface area contributed by atoms with E-state index in [1.54, 1.807) is 0 Å². The van der Waals surface area contributed by atoms with Gasteiger partial charge in [0.1, 0.15) is 0 Å². The average molecular weight is 192 g/mol. The lowest BCUT2D eigenvalue weighted by atomic mass is 10.1. The van der Waals surface area contributed by atoms with Crippen LogP contribution in [0.5, 0.6) is 0 Å². The van der Waals surface area contributed by atoms with E-state index in [4.69, 9.17) is 5.73 Å². The first-order chi connectivity index (χ1) is 6.81. The Hall–Kier alpha value is -1.13. The summed E-state index contributed by atoms with van der Waals surface area (Å²) in [6.07, 6.45) is 3.96. The highest BCUT2D eigenvalue weighted by atomic mass is 15.3. The summed E-state index contributed by atoms with van der Waals surface area (Å²) >= 11 is 0. The number of hydrogen-bond donors (Lipinski definition) is 2. The van der Waals surface area contributed by atoms with Gasteiger partial charge in [0, 0.05) is 31.9 Å². The molecule has 0 amide bonds. The van der Waals surface area contributed by atoms with Gasteiger partial charge >= 0.3 is 0 Å². The number of nitrogens with zero attached hydrogens (tertiary/aromatic N) is 2. The predicted octanol–water partition coefficient (Wildman–Crippen LogP) is 0.217. The molecule has 0 saturated carbocycles. The number of nitrogens with one attached hydrogen (secondary N) is 1. The second-order valence-corrected chi connectivity index (χ2v) is 3.52. The van der Waals surface area contributed by atoms with Crippen molar-refractivity contribution in [2.24, 2.45) is 5.73 Å². The highest BCUT2D eigenvalue weighted by Crippen LogP contribution is 2.15. The molecule has 0 saturated heterocycles. The van der Waals surface area contributed by atoms with Crippen LogP contribution in [0.2, 0.25) is 0 Å². The Morgan fingerprint density at radius 2 is 2.57 bits per heavy atom. The van der Waals surface area contributed by atoms with Crippen molar-refractivity contribution in [3.8, 4) is 0 Å². The first-order valence-corrected chi connectivity index (χ1v) is 5.00. The SMILES string of the molecule is CCn1nccc1C1=CC(N)CNC1. The molecular weight excluding hydrogens is 176 g/mol. The molecule has 0 bridgehead atoms. The molecule has 76 valence electrons. The molecule has 4 nitrogen and oxygen atoms in total. The molecule has 2 heterocycles. The summed E-state index contributed by atoms with van der Waals surface area (Å²) in [6, 6.07) is 2.16. The quantitative estimate of drug-likeness (QED) is 0.704. The number of hydrogen-bond acceptors (Lipinski definition) is 3. The van der Waals surface area contributed by atoms with Crippen molar-refractivity contribution in [3.63, 3.8) is 0 Å². The molecule has 1 unspecified atom stereocenters. The van der Waals surface area contributed by atoms with Crippen LogP contribution in [0, 0.1) is 0 Å². The Bertz CT molecular complexity index is 340. The standard InChI is InChI=1S/C10H16N4/c1-2-14-10(3-4-13-14)8-5-9(11)7-12-6-8/h3-5,9,12H,2,6-7,11H2,1H3. The minimum atomic E-state index is 0.124. The van der Waals surface area contributed by atoms with Crippen molar-refractivity contribution >= 4 is 5.57 Å². The van der Waals surface area contributed by atoms with Crippen molar-refractivity contribution in [1.82, 2.24) is 15.1 Å². The van der Waals surface area contributed by atoms with Gasteiger partial charge < -0.3 is 11.1 Å². The second kappa shape index (κ2) is 3.94. The van der Waals surface area contributed by atoms with Crippen LogP contribution >= 0.6 is 0 Å². The number of nitrogens with two attached hydrogens (primary N) is 1.